The molecule has 1 saturated heterocycles. The number of rotatable bonds is 1. The summed E-state index contributed by atoms with van der Waals surface area (Å²) < 4.78 is 0. The van der Waals surface area contributed by atoms with Crippen molar-refractivity contribution in [1.29, 1.82) is 0 Å². The first kappa shape index (κ1) is 5.56. The van der Waals surface area contributed by atoms with Gasteiger partial charge in [-0.15, -0.1) is 0 Å². The zero-order valence-corrected chi connectivity index (χ0v) is 4.58. The first-order valence-electron chi connectivity index (χ1n) is 2.73. The number of hydrogen-bond donors (Lipinski definition) is 1. The maximum atomic E-state index is 9.98. The van der Waals surface area contributed by atoms with E-state index in [4.69, 9.17) is 5.11 Å². The van der Waals surface area contributed by atoms with Gasteiger partial charge in [-0.2, -0.15) is 0 Å². The Kier molecular flexibility index (Phi) is 1.48. The predicted octanol–water partition coefficient (Wildman–Crippen LogP) is -0.443. The van der Waals surface area contributed by atoms with E-state index in [-0.39, 0.29) is 0 Å². The van der Waals surface area contributed by atoms with Crippen molar-refractivity contribution in [2.24, 2.45) is 0 Å². The Morgan fingerprint density at radius 1 is 1.75 bits per heavy atom. The topological polar surface area (TPSA) is 40.5 Å². The number of amides is 1. The highest BCUT2D eigenvalue weighted by atomic mass is 16.3. The van der Waals surface area contributed by atoms with E-state index in [1.165, 1.54) is 4.90 Å². The van der Waals surface area contributed by atoms with Crippen molar-refractivity contribution in [3.05, 3.63) is 0 Å². The van der Waals surface area contributed by atoms with Gasteiger partial charge in [0.15, 0.2) is 0 Å². The maximum Gasteiger partial charge on any atom is 0.211 e. The molecule has 0 aromatic rings. The minimum absolute atomic E-state index is 0.507. The lowest BCUT2D eigenvalue weighted by molar-refractivity contribution is -0.124. The third kappa shape index (κ3) is 0.816. The molecule has 0 spiro atoms. The second kappa shape index (κ2) is 2.13. The van der Waals surface area contributed by atoms with Crippen LogP contribution < -0.4 is 0 Å². The van der Waals surface area contributed by atoms with Crippen LogP contribution in [0.15, 0.2) is 0 Å². The highest BCUT2D eigenvalue weighted by Gasteiger charge is 2.18. The first-order valence-corrected chi connectivity index (χ1v) is 2.73. The molecule has 1 aliphatic rings. The Balaban J connectivity index is 2.41. The third-order valence-electron chi connectivity index (χ3n) is 1.40. The number of aliphatic hydroxyl groups excluding tert-OH is 1. The average Bonchev–Trinajstić information content (AvgIpc) is 2.14. The summed E-state index contributed by atoms with van der Waals surface area (Å²) in [6, 6.07) is 0. The van der Waals surface area contributed by atoms with Crippen molar-refractivity contribution in [2.45, 2.75) is 19.1 Å². The summed E-state index contributed by atoms with van der Waals surface area (Å²) in [4.78, 5) is 11.4. The van der Waals surface area contributed by atoms with Crippen molar-refractivity contribution in [3.8, 4) is 0 Å². The van der Waals surface area contributed by atoms with Gasteiger partial charge in [0.05, 0.1) is 0 Å². The van der Waals surface area contributed by atoms with E-state index in [9.17, 15) is 4.79 Å². The summed E-state index contributed by atoms with van der Waals surface area (Å²) >= 11 is 0. The van der Waals surface area contributed by atoms with Crippen molar-refractivity contribution in [3.63, 3.8) is 0 Å². The highest BCUT2D eigenvalue weighted by molar-refractivity contribution is 5.47. The Bertz CT molecular complexity index is 94.4. The highest BCUT2D eigenvalue weighted by Crippen LogP contribution is 2.10. The van der Waals surface area contributed by atoms with E-state index in [0.717, 1.165) is 12.8 Å². The van der Waals surface area contributed by atoms with Crippen LogP contribution in [0.3, 0.4) is 0 Å². The van der Waals surface area contributed by atoms with E-state index in [0.29, 0.717) is 13.0 Å². The van der Waals surface area contributed by atoms with Crippen molar-refractivity contribution in [2.75, 3.05) is 6.54 Å². The van der Waals surface area contributed by atoms with Crippen LogP contribution >= 0.6 is 0 Å². The molecule has 8 heavy (non-hydrogen) atoms. The van der Waals surface area contributed by atoms with E-state index in [1.54, 1.807) is 0 Å². The van der Waals surface area contributed by atoms with E-state index < -0.39 is 6.23 Å². The monoisotopic (exact) mass is 115 g/mol. The zero-order chi connectivity index (χ0) is 5.98. The van der Waals surface area contributed by atoms with Crippen LogP contribution in [0.4, 0.5) is 0 Å². The van der Waals surface area contributed by atoms with Gasteiger partial charge in [-0.3, -0.25) is 4.79 Å². The van der Waals surface area contributed by atoms with Crippen molar-refractivity contribution in [1.82, 2.24) is 4.90 Å². The van der Waals surface area contributed by atoms with E-state index >= 15 is 0 Å². The minimum atomic E-state index is -0.507. The molecular formula is C5H9NO2. The lowest BCUT2D eigenvalue weighted by Gasteiger charge is -2.11. The maximum absolute atomic E-state index is 9.98. The number of carbonyl (C=O) groups excluding carboxylic acids is 1. The van der Waals surface area contributed by atoms with E-state index in [2.05, 4.69) is 0 Å². The summed E-state index contributed by atoms with van der Waals surface area (Å²) in [5, 5.41) is 8.88. The second-order valence-electron chi connectivity index (χ2n) is 1.97. The summed E-state index contributed by atoms with van der Waals surface area (Å²) in [7, 11) is 0. The first-order chi connectivity index (χ1) is 3.84. The lowest BCUT2D eigenvalue weighted by Crippen LogP contribution is -2.26. The molecule has 3 heteroatoms. The molecule has 1 amide bonds. The summed E-state index contributed by atoms with van der Waals surface area (Å²) in [6.45, 7) is 0.713. The van der Waals surface area contributed by atoms with Crippen molar-refractivity contribution < 1.29 is 9.90 Å². The van der Waals surface area contributed by atoms with Crippen molar-refractivity contribution >= 4 is 6.41 Å². The van der Waals surface area contributed by atoms with Gasteiger partial charge in [0.25, 0.3) is 0 Å². The quantitative estimate of drug-likeness (QED) is 0.470. The van der Waals surface area contributed by atoms with Crippen LogP contribution in [-0.4, -0.2) is 29.2 Å². The van der Waals surface area contributed by atoms with Crippen LogP contribution in [0, 0.1) is 0 Å². The van der Waals surface area contributed by atoms with Crippen LogP contribution in [0.25, 0.3) is 0 Å². The number of aliphatic hydroxyl groups is 1. The van der Waals surface area contributed by atoms with Crippen LogP contribution in [0.5, 0.6) is 0 Å². The lowest BCUT2D eigenvalue weighted by atomic mass is 10.4. The Morgan fingerprint density at radius 2 is 2.50 bits per heavy atom. The Hall–Kier alpha value is -0.570. The largest absolute Gasteiger partial charge is 0.374 e. The molecule has 1 N–H and O–H groups in total. The normalized spacial score (nSPS) is 28.6. The summed E-state index contributed by atoms with van der Waals surface area (Å²) in [5.41, 5.74) is 0. The summed E-state index contributed by atoms with van der Waals surface area (Å²) in [5.74, 6) is 0. The smallest absolute Gasteiger partial charge is 0.211 e. The molecule has 0 aromatic carbocycles. The number of likely N-dealkylation sites (tertiary alicyclic amines) is 1. The molecule has 1 rings (SSSR count). The minimum Gasteiger partial charge on any atom is -0.374 e. The second-order valence-corrected chi connectivity index (χ2v) is 1.97. The molecule has 0 aliphatic carbocycles. The molecule has 0 radical (unpaired) electrons. The fourth-order valence-electron chi connectivity index (χ4n) is 0.894. The SMILES string of the molecule is O=CN1CCC[C@H]1O. The molecule has 1 fully saturated rings. The Morgan fingerprint density at radius 3 is 2.75 bits per heavy atom. The third-order valence-corrected chi connectivity index (χ3v) is 1.40. The number of nitrogens with zero attached hydrogens (tertiary/aromatic N) is 1. The molecule has 1 aliphatic heterocycles. The summed E-state index contributed by atoms with van der Waals surface area (Å²) in [6.07, 6.45) is 1.85. The fourth-order valence-corrected chi connectivity index (χ4v) is 0.894. The molecule has 46 valence electrons. The average molecular weight is 115 g/mol. The van der Waals surface area contributed by atoms with Gasteiger partial charge in [0, 0.05) is 6.54 Å². The molecule has 0 unspecified atom stereocenters. The van der Waals surface area contributed by atoms with Gasteiger partial charge >= 0.3 is 0 Å². The van der Waals surface area contributed by atoms with Crippen LogP contribution in [0.2, 0.25) is 0 Å². The van der Waals surface area contributed by atoms with Gasteiger partial charge in [-0.1, -0.05) is 0 Å². The van der Waals surface area contributed by atoms with Gasteiger partial charge in [0.2, 0.25) is 6.41 Å². The Labute approximate surface area is 47.9 Å². The number of carbonyl (C=O) groups is 1. The van der Waals surface area contributed by atoms with E-state index in [1.807, 2.05) is 0 Å². The van der Waals surface area contributed by atoms with Gasteiger partial charge < -0.3 is 10.0 Å². The fraction of sp³-hybridized carbons (Fsp3) is 0.800. The zero-order valence-electron chi connectivity index (χ0n) is 4.58. The molecule has 0 bridgehead atoms. The van der Waals surface area contributed by atoms with Crippen LogP contribution in [0.1, 0.15) is 12.8 Å². The van der Waals surface area contributed by atoms with Gasteiger partial charge in [-0.05, 0) is 12.8 Å². The predicted molar refractivity (Wildman–Crippen MR) is 28.0 cm³/mol. The van der Waals surface area contributed by atoms with Gasteiger partial charge in [0.1, 0.15) is 6.23 Å². The number of hydrogen-bond acceptors (Lipinski definition) is 2. The molecule has 3 nitrogen and oxygen atoms in total. The van der Waals surface area contributed by atoms with Gasteiger partial charge in [-0.25, -0.2) is 0 Å². The molecular weight excluding hydrogens is 106 g/mol. The molecule has 0 saturated carbocycles. The molecule has 1 heterocycles. The standard InChI is InChI=1S/C5H9NO2/c7-4-6-3-1-2-5(6)8/h4-5,8H,1-3H2/t5-/m1/s1. The van der Waals surface area contributed by atoms with Crippen LogP contribution in [-0.2, 0) is 4.79 Å². The molecule has 0 aromatic heterocycles. The molecule has 1 atom stereocenters.